The number of ether oxygens (including phenoxy) is 1. The lowest BCUT2D eigenvalue weighted by atomic mass is 10.1. The van der Waals surface area contributed by atoms with Crippen molar-refractivity contribution in [1.29, 1.82) is 0 Å². The summed E-state index contributed by atoms with van der Waals surface area (Å²) in [5.74, 6) is -0.289. The van der Waals surface area contributed by atoms with Gasteiger partial charge in [0.05, 0.1) is 25.4 Å². The fraction of sp³-hybridized carbons (Fsp3) is 0.250. The first-order valence-electron chi connectivity index (χ1n) is 10.4. The number of hydrogen-bond donors (Lipinski definition) is 2. The molecule has 0 saturated carbocycles. The second-order valence-corrected chi connectivity index (χ2v) is 7.24. The van der Waals surface area contributed by atoms with E-state index in [1.165, 1.54) is 5.69 Å². The third-order valence-corrected chi connectivity index (χ3v) is 5.12. The normalized spacial score (nSPS) is 13.6. The lowest BCUT2D eigenvalue weighted by Crippen LogP contribution is -2.36. The van der Waals surface area contributed by atoms with Gasteiger partial charge in [0.2, 0.25) is 0 Å². The van der Waals surface area contributed by atoms with Gasteiger partial charge in [0, 0.05) is 43.4 Å². The molecule has 31 heavy (non-hydrogen) atoms. The van der Waals surface area contributed by atoms with E-state index in [-0.39, 0.29) is 5.91 Å². The molecule has 0 spiro atoms. The van der Waals surface area contributed by atoms with Crippen LogP contribution in [0, 0.1) is 0 Å². The van der Waals surface area contributed by atoms with Crippen LogP contribution in [0.5, 0.6) is 0 Å². The number of morpholine rings is 1. The SMILES string of the molecule is O=C(NOCc1ccc(N2CCOCC2)cc1)c1ccccc1NCc1ccncc1. The van der Waals surface area contributed by atoms with Gasteiger partial charge in [-0.2, -0.15) is 0 Å². The van der Waals surface area contributed by atoms with Crippen LogP contribution in [0.2, 0.25) is 0 Å². The maximum atomic E-state index is 12.6. The Balaban J connectivity index is 1.29. The molecule has 160 valence electrons. The molecule has 1 amide bonds. The minimum atomic E-state index is -0.289. The molecule has 1 saturated heterocycles. The highest BCUT2D eigenvalue weighted by Crippen LogP contribution is 2.18. The Morgan fingerprint density at radius 2 is 1.71 bits per heavy atom. The van der Waals surface area contributed by atoms with Crippen LogP contribution in [-0.4, -0.2) is 37.2 Å². The van der Waals surface area contributed by atoms with Gasteiger partial charge in [-0.15, -0.1) is 0 Å². The van der Waals surface area contributed by atoms with Gasteiger partial charge in [0.15, 0.2) is 0 Å². The number of hydrogen-bond acceptors (Lipinski definition) is 6. The monoisotopic (exact) mass is 418 g/mol. The van der Waals surface area contributed by atoms with Crippen LogP contribution in [0.1, 0.15) is 21.5 Å². The average Bonchev–Trinajstić information content (AvgIpc) is 2.84. The molecule has 4 rings (SSSR count). The summed E-state index contributed by atoms with van der Waals surface area (Å²) in [6, 6.07) is 19.4. The first-order valence-corrected chi connectivity index (χ1v) is 10.4. The number of hydroxylamine groups is 1. The number of aromatic nitrogens is 1. The lowest BCUT2D eigenvalue weighted by Gasteiger charge is -2.28. The summed E-state index contributed by atoms with van der Waals surface area (Å²) in [5.41, 5.74) is 7.06. The number of anilines is 2. The quantitative estimate of drug-likeness (QED) is 0.546. The van der Waals surface area contributed by atoms with Gasteiger partial charge in [-0.3, -0.25) is 14.6 Å². The van der Waals surface area contributed by atoms with Crippen LogP contribution >= 0.6 is 0 Å². The van der Waals surface area contributed by atoms with Gasteiger partial charge in [-0.05, 0) is 47.5 Å². The molecule has 2 aromatic carbocycles. The average molecular weight is 418 g/mol. The van der Waals surface area contributed by atoms with Crippen molar-refractivity contribution >= 4 is 17.3 Å². The summed E-state index contributed by atoms with van der Waals surface area (Å²) in [7, 11) is 0. The van der Waals surface area contributed by atoms with Crippen LogP contribution in [0.3, 0.4) is 0 Å². The van der Waals surface area contributed by atoms with Crippen LogP contribution < -0.4 is 15.7 Å². The standard InChI is InChI=1S/C24H26N4O3/c29-24(22-3-1-2-4-23(22)26-17-19-9-11-25-12-10-19)27-31-18-20-5-7-21(8-6-20)28-13-15-30-16-14-28/h1-12,26H,13-18H2,(H,27,29). The van der Waals surface area contributed by atoms with E-state index >= 15 is 0 Å². The smallest absolute Gasteiger partial charge is 0.276 e. The zero-order valence-electron chi connectivity index (χ0n) is 17.3. The summed E-state index contributed by atoms with van der Waals surface area (Å²) < 4.78 is 5.39. The number of rotatable bonds is 8. The van der Waals surface area contributed by atoms with Gasteiger partial charge in [-0.1, -0.05) is 24.3 Å². The van der Waals surface area contributed by atoms with Crippen LogP contribution in [0.4, 0.5) is 11.4 Å². The molecule has 1 fully saturated rings. The number of benzene rings is 2. The molecule has 2 heterocycles. The topological polar surface area (TPSA) is 75.7 Å². The minimum Gasteiger partial charge on any atom is -0.380 e. The Hall–Kier alpha value is -3.42. The number of nitrogens with zero attached hydrogens (tertiary/aromatic N) is 2. The Bertz CT molecular complexity index is 974. The van der Waals surface area contributed by atoms with Crippen molar-refractivity contribution in [3.63, 3.8) is 0 Å². The molecule has 1 aliphatic heterocycles. The fourth-order valence-corrected chi connectivity index (χ4v) is 3.40. The largest absolute Gasteiger partial charge is 0.380 e. The van der Waals surface area contributed by atoms with Crippen molar-refractivity contribution in [2.75, 3.05) is 36.5 Å². The van der Waals surface area contributed by atoms with E-state index < -0.39 is 0 Å². The van der Waals surface area contributed by atoms with Gasteiger partial charge in [-0.25, -0.2) is 5.48 Å². The van der Waals surface area contributed by atoms with E-state index in [2.05, 4.69) is 32.8 Å². The van der Waals surface area contributed by atoms with Crippen molar-refractivity contribution in [2.24, 2.45) is 0 Å². The third-order valence-electron chi connectivity index (χ3n) is 5.12. The molecule has 3 aromatic rings. The molecule has 7 heteroatoms. The number of pyridine rings is 1. The maximum absolute atomic E-state index is 12.6. The minimum absolute atomic E-state index is 0.289. The zero-order valence-corrected chi connectivity index (χ0v) is 17.3. The summed E-state index contributed by atoms with van der Waals surface area (Å²) >= 11 is 0. The molecule has 0 radical (unpaired) electrons. The predicted octanol–water partition coefficient (Wildman–Crippen LogP) is 3.39. The molecule has 2 N–H and O–H groups in total. The molecule has 0 unspecified atom stereocenters. The van der Waals surface area contributed by atoms with Crippen molar-refractivity contribution in [1.82, 2.24) is 10.5 Å². The highest BCUT2D eigenvalue weighted by atomic mass is 16.6. The van der Waals surface area contributed by atoms with Gasteiger partial charge in [0.1, 0.15) is 0 Å². The molecule has 1 aliphatic rings. The van der Waals surface area contributed by atoms with Crippen LogP contribution in [-0.2, 0) is 22.7 Å². The Morgan fingerprint density at radius 1 is 0.968 bits per heavy atom. The molecule has 0 bridgehead atoms. The number of carbonyl (C=O) groups excluding carboxylic acids is 1. The molecule has 0 atom stereocenters. The summed E-state index contributed by atoms with van der Waals surface area (Å²) in [6.45, 7) is 4.22. The highest BCUT2D eigenvalue weighted by molar-refractivity contribution is 5.99. The third kappa shape index (κ3) is 5.81. The molecular formula is C24H26N4O3. The van der Waals surface area contributed by atoms with Crippen molar-refractivity contribution in [3.8, 4) is 0 Å². The number of para-hydroxylation sites is 1. The van der Waals surface area contributed by atoms with E-state index in [0.717, 1.165) is 43.1 Å². The fourth-order valence-electron chi connectivity index (χ4n) is 3.40. The molecule has 1 aromatic heterocycles. The van der Waals surface area contributed by atoms with E-state index in [1.807, 2.05) is 42.5 Å². The van der Waals surface area contributed by atoms with E-state index in [9.17, 15) is 4.79 Å². The van der Waals surface area contributed by atoms with E-state index in [4.69, 9.17) is 9.57 Å². The summed E-state index contributed by atoms with van der Waals surface area (Å²) in [6.07, 6.45) is 3.49. The number of amides is 1. The highest BCUT2D eigenvalue weighted by Gasteiger charge is 2.12. The predicted molar refractivity (Wildman–Crippen MR) is 120 cm³/mol. The maximum Gasteiger partial charge on any atom is 0.276 e. The van der Waals surface area contributed by atoms with Gasteiger partial charge >= 0.3 is 0 Å². The number of nitrogens with one attached hydrogen (secondary N) is 2. The van der Waals surface area contributed by atoms with Crippen LogP contribution in [0.25, 0.3) is 0 Å². The molecule has 7 nitrogen and oxygen atoms in total. The van der Waals surface area contributed by atoms with Gasteiger partial charge in [0.25, 0.3) is 5.91 Å². The van der Waals surface area contributed by atoms with Crippen molar-refractivity contribution in [2.45, 2.75) is 13.2 Å². The lowest BCUT2D eigenvalue weighted by molar-refractivity contribution is 0.0234. The van der Waals surface area contributed by atoms with E-state index in [0.29, 0.717) is 18.7 Å². The van der Waals surface area contributed by atoms with E-state index in [1.54, 1.807) is 18.5 Å². The van der Waals surface area contributed by atoms with Crippen molar-refractivity contribution in [3.05, 3.63) is 89.7 Å². The van der Waals surface area contributed by atoms with Crippen molar-refractivity contribution < 1.29 is 14.4 Å². The summed E-state index contributed by atoms with van der Waals surface area (Å²) in [4.78, 5) is 24.4. The second kappa shape index (κ2) is 10.6. The Kier molecular flexibility index (Phi) is 7.10. The zero-order chi connectivity index (χ0) is 21.3. The number of carbonyl (C=O) groups is 1. The van der Waals surface area contributed by atoms with Gasteiger partial charge < -0.3 is 15.0 Å². The molecular weight excluding hydrogens is 392 g/mol. The Labute approximate surface area is 182 Å². The first-order chi connectivity index (χ1) is 15.3. The van der Waals surface area contributed by atoms with Crippen LogP contribution in [0.15, 0.2) is 73.1 Å². The molecule has 0 aliphatic carbocycles. The second-order valence-electron chi connectivity index (χ2n) is 7.24. The first kappa shape index (κ1) is 20.8. The Morgan fingerprint density at radius 3 is 2.48 bits per heavy atom. The summed E-state index contributed by atoms with van der Waals surface area (Å²) in [5, 5.41) is 3.30.